The van der Waals surface area contributed by atoms with Crippen molar-refractivity contribution in [2.24, 2.45) is 11.1 Å². The Balaban J connectivity index is 1.53. The fraction of sp³-hybridized carbons (Fsp3) is 0.391. The molecule has 1 saturated heterocycles. The monoisotopic (exact) mass is 454 g/mol. The number of carbonyl (C=O) groups excluding carboxylic acids is 1. The number of amides is 1. The number of sulfonamides is 1. The number of carbonyl (C=O) groups is 1. The first-order chi connectivity index (χ1) is 15.4. The maximum atomic E-state index is 13.4. The van der Waals surface area contributed by atoms with Crippen LogP contribution in [-0.2, 0) is 21.3 Å². The Morgan fingerprint density at radius 3 is 2.59 bits per heavy atom. The summed E-state index contributed by atoms with van der Waals surface area (Å²) in [6.45, 7) is 2.09. The summed E-state index contributed by atoms with van der Waals surface area (Å²) in [5.74, 6) is 0.575. The molecular formula is C23H26N4O4S. The largest absolute Gasteiger partial charge is 0.381 e. The van der Waals surface area contributed by atoms with Crippen molar-refractivity contribution in [2.45, 2.75) is 43.0 Å². The zero-order valence-corrected chi connectivity index (χ0v) is 18.5. The second-order valence-corrected chi connectivity index (χ2v) is 10.2. The van der Waals surface area contributed by atoms with Gasteiger partial charge < -0.3 is 10.1 Å². The van der Waals surface area contributed by atoms with E-state index in [1.807, 2.05) is 16.8 Å². The quantitative estimate of drug-likeness (QED) is 0.593. The van der Waals surface area contributed by atoms with Crippen LogP contribution in [0.25, 0.3) is 10.9 Å². The number of hydrogen-bond acceptors (Lipinski definition) is 5. The molecular weight excluding hydrogens is 428 g/mol. The van der Waals surface area contributed by atoms with Crippen molar-refractivity contribution in [1.29, 1.82) is 0 Å². The van der Waals surface area contributed by atoms with E-state index in [4.69, 9.17) is 15.0 Å². The fourth-order valence-corrected chi connectivity index (χ4v) is 4.94. The van der Waals surface area contributed by atoms with Gasteiger partial charge in [0.05, 0.1) is 10.4 Å². The summed E-state index contributed by atoms with van der Waals surface area (Å²) in [5, 5.41) is 13.8. The molecule has 1 aromatic heterocycles. The van der Waals surface area contributed by atoms with Gasteiger partial charge in [-0.1, -0.05) is 24.3 Å². The molecule has 0 atom stereocenters. The van der Waals surface area contributed by atoms with E-state index in [2.05, 4.69) is 11.4 Å². The second kappa shape index (κ2) is 8.31. The summed E-state index contributed by atoms with van der Waals surface area (Å²) in [6.07, 6.45) is 4.16. The zero-order valence-electron chi connectivity index (χ0n) is 17.7. The summed E-state index contributed by atoms with van der Waals surface area (Å²) in [5.41, 5.74) is 2.94. The number of fused-ring (bicyclic) bond motifs is 1. The first-order valence-electron chi connectivity index (χ1n) is 10.9. The molecule has 168 valence electrons. The van der Waals surface area contributed by atoms with E-state index < -0.39 is 10.0 Å². The van der Waals surface area contributed by atoms with E-state index in [9.17, 15) is 13.2 Å². The van der Waals surface area contributed by atoms with Crippen molar-refractivity contribution in [2.75, 3.05) is 18.5 Å². The molecule has 0 bridgehead atoms. The Morgan fingerprint density at radius 2 is 1.88 bits per heavy atom. The highest BCUT2D eigenvalue weighted by molar-refractivity contribution is 7.89. The molecule has 3 N–H and O–H groups in total. The van der Waals surface area contributed by atoms with Crippen LogP contribution in [0.4, 0.5) is 5.69 Å². The number of benzene rings is 2. The first kappa shape index (κ1) is 21.1. The maximum absolute atomic E-state index is 13.4. The lowest BCUT2D eigenvalue weighted by atomic mass is 10.0. The smallest absolute Gasteiger partial charge is 0.274 e. The van der Waals surface area contributed by atoms with Crippen molar-refractivity contribution in [1.82, 2.24) is 9.78 Å². The van der Waals surface area contributed by atoms with Gasteiger partial charge in [-0.05, 0) is 61.3 Å². The molecule has 9 heteroatoms. The Labute approximate surface area is 186 Å². The third-order valence-electron chi connectivity index (χ3n) is 6.23. The molecule has 1 aliphatic carbocycles. The Bertz CT molecular complexity index is 1270. The SMILES string of the molecule is NS(=O)(=O)c1cccc(NC(=O)c2c3cccc(C4CC4)c3nn2CC2CCOCC2)c1. The number of nitrogens with zero attached hydrogens (tertiary/aromatic N) is 2. The average molecular weight is 455 g/mol. The number of ether oxygens (including phenoxy) is 1. The predicted molar refractivity (Wildman–Crippen MR) is 121 cm³/mol. The minimum atomic E-state index is -3.87. The first-order valence-corrected chi connectivity index (χ1v) is 12.5. The van der Waals surface area contributed by atoms with Gasteiger partial charge >= 0.3 is 0 Å². The van der Waals surface area contributed by atoms with Crippen LogP contribution in [0.1, 0.15) is 47.7 Å². The van der Waals surface area contributed by atoms with Crippen molar-refractivity contribution in [3.8, 4) is 0 Å². The molecule has 1 saturated carbocycles. The Hall–Kier alpha value is -2.75. The van der Waals surface area contributed by atoms with Gasteiger partial charge in [-0.15, -0.1) is 0 Å². The third-order valence-corrected chi connectivity index (χ3v) is 7.14. The van der Waals surface area contributed by atoms with E-state index in [0.29, 0.717) is 29.8 Å². The normalized spacial score (nSPS) is 17.5. The minimum absolute atomic E-state index is 0.0492. The highest BCUT2D eigenvalue weighted by Crippen LogP contribution is 2.43. The molecule has 3 aromatic rings. The fourth-order valence-electron chi connectivity index (χ4n) is 4.38. The van der Waals surface area contributed by atoms with Crippen molar-refractivity contribution >= 4 is 32.5 Å². The van der Waals surface area contributed by atoms with Gasteiger partial charge in [0.15, 0.2) is 0 Å². The molecule has 1 aliphatic heterocycles. The third kappa shape index (κ3) is 4.28. The van der Waals surface area contributed by atoms with Crippen LogP contribution in [0, 0.1) is 5.92 Å². The van der Waals surface area contributed by atoms with Crippen LogP contribution in [0.2, 0.25) is 0 Å². The van der Waals surface area contributed by atoms with Gasteiger partial charge in [0, 0.05) is 30.8 Å². The molecule has 2 heterocycles. The summed E-state index contributed by atoms with van der Waals surface area (Å²) in [7, 11) is -3.87. The topological polar surface area (TPSA) is 116 Å². The number of nitrogens with two attached hydrogens (primary N) is 1. The van der Waals surface area contributed by atoms with E-state index in [0.717, 1.165) is 49.8 Å². The van der Waals surface area contributed by atoms with Gasteiger partial charge in [0.1, 0.15) is 5.69 Å². The summed E-state index contributed by atoms with van der Waals surface area (Å²) >= 11 is 0. The number of nitrogens with one attached hydrogen (secondary N) is 1. The highest BCUT2D eigenvalue weighted by Gasteiger charge is 2.29. The molecule has 0 spiro atoms. The van der Waals surface area contributed by atoms with Crippen molar-refractivity contribution in [3.63, 3.8) is 0 Å². The molecule has 1 amide bonds. The van der Waals surface area contributed by atoms with E-state index in [-0.39, 0.29) is 10.8 Å². The number of rotatable bonds is 6. The van der Waals surface area contributed by atoms with Crippen LogP contribution in [0.5, 0.6) is 0 Å². The van der Waals surface area contributed by atoms with E-state index in [1.165, 1.54) is 17.7 Å². The Kier molecular flexibility index (Phi) is 5.48. The van der Waals surface area contributed by atoms with Crippen LogP contribution in [0.15, 0.2) is 47.4 Å². The summed E-state index contributed by atoms with van der Waals surface area (Å²) in [4.78, 5) is 13.4. The lowest BCUT2D eigenvalue weighted by molar-refractivity contribution is 0.0598. The lowest BCUT2D eigenvalue weighted by Crippen LogP contribution is -2.24. The minimum Gasteiger partial charge on any atom is -0.381 e. The second-order valence-electron chi connectivity index (χ2n) is 8.63. The summed E-state index contributed by atoms with van der Waals surface area (Å²) < 4.78 is 30.7. The number of anilines is 1. The number of hydrogen-bond donors (Lipinski definition) is 2. The maximum Gasteiger partial charge on any atom is 0.274 e. The van der Waals surface area contributed by atoms with E-state index >= 15 is 0 Å². The van der Waals surface area contributed by atoms with Gasteiger partial charge in [-0.25, -0.2) is 13.6 Å². The molecule has 0 unspecified atom stereocenters. The molecule has 2 aliphatic rings. The van der Waals surface area contributed by atoms with Crippen molar-refractivity contribution in [3.05, 3.63) is 53.7 Å². The van der Waals surface area contributed by atoms with Gasteiger partial charge in [-0.2, -0.15) is 5.10 Å². The highest BCUT2D eigenvalue weighted by atomic mass is 32.2. The van der Waals surface area contributed by atoms with Crippen LogP contribution < -0.4 is 10.5 Å². The van der Waals surface area contributed by atoms with E-state index in [1.54, 1.807) is 12.1 Å². The molecule has 32 heavy (non-hydrogen) atoms. The predicted octanol–water partition coefficient (Wildman–Crippen LogP) is 3.24. The molecule has 2 fully saturated rings. The van der Waals surface area contributed by atoms with Gasteiger partial charge in [0.2, 0.25) is 10.0 Å². The zero-order chi connectivity index (χ0) is 22.3. The molecule has 2 aromatic carbocycles. The lowest BCUT2D eigenvalue weighted by Gasteiger charge is -2.22. The van der Waals surface area contributed by atoms with Crippen LogP contribution in [0.3, 0.4) is 0 Å². The molecule has 5 rings (SSSR count). The van der Waals surface area contributed by atoms with Crippen LogP contribution >= 0.6 is 0 Å². The molecule has 0 radical (unpaired) electrons. The number of primary sulfonamides is 1. The number of aromatic nitrogens is 2. The van der Waals surface area contributed by atoms with Crippen molar-refractivity contribution < 1.29 is 17.9 Å². The summed E-state index contributed by atoms with van der Waals surface area (Å²) in [6, 6.07) is 12.0. The Morgan fingerprint density at radius 1 is 1.12 bits per heavy atom. The average Bonchev–Trinajstić information content (AvgIpc) is 3.54. The van der Waals surface area contributed by atoms with Gasteiger partial charge in [0.25, 0.3) is 5.91 Å². The standard InChI is InChI=1S/C23H26N4O4S/c24-32(29,30)18-4-1-3-17(13-18)25-23(28)22-20-6-2-5-19(16-7-8-16)21(20)26-27(22)14-15-9-11-31-12-10-15/h1-6,13,15-16H,7-12,14H2,(H,25,28)(H2,24,29,30). The van der Waals surface area contributed by atoms with Crippen LogP contribution in [-0.4, -0.2) is 37.3 Å². The molecule has 8 nitrogen and oxygen atoms in total. The van der Waals surface area contributed by atoms with Gasteiger partial charge in [-0.3, -0.25) is 9.48 Å².